The van der Waals surface area contributed by atoms with Crippen LogP contribution in [0, 0.1) is 17.1 Å². The summed E-state index contributed by atoms with van der Waals surface area (Å²) in [5, 5.41) is 8.77. The van der Waals surface area contributed by atoms with E-state index in [4.69, 9.17) is 14.7 Å². The molecule has 1 aliphatic heterocycles. The van der Waals surface area contributed by atoms with Crippen LogP contribution in [0.4, 0.5) is 4.39 Å². The molecule has 3 nitrogen and oxygen atoms in total. The van der Waals surface area contributed by atoms with E-state index in [1.165, 1.54) is 12.1 Å². The zero-order chi connectivity index (χ0) is 12.1. The fourth-order valence-corrected chi connectivity index (χ4v) is 1.94. The minimum atomic E-state index is -0.761. The topological polar surface area (TPSA) is 42.2 Å². The molecule has 0 aliphatic carbocycles. The Labute approximate surface area is 99.8 Å². The molecule has 1 aromatic carbocycles. The first-order valence-electron chi connectivity index (χ1n) is 5.63. The highest BCUT2D eigenvalue weighted by Gasteiger charge is 2.35. The summed E-state index contributed by atoms with van der Waals surface area (Å²) in [5.74, 6) is -1.00. The molecule has 0 saturated carbocycles. The van der Waals surface area contributed by atoms with Crippen molar-refractivity contribution >= 4 is 0 Å². The van der Waals surface area contributed by atoms with Crippen LogP contribution in [-0.4, -0.2) is 19.0 Å². The van der Waals surface area contributed by atoms with Gasteiger partial charge in [-0.1, -0.05) is 12.1 Å². The van der Waals surface area contributed by atoms with Crippen LogP contribution in [0.3, 0.4) is 0 Å². The van der Waals surface area contributed by atoms with Crippen LogP contribution in [-0.2, 0) is 15.9 Å². The second kappa shape index (κ2) is 5.26. The first-order valence-corrected chi connectivity index (χ1v) is 5.63. The van der Waals surface area contributed by atoms with E-state index in [1.54, 1.807) is 12.1 Å². The van der Waals surface area contributed by atoms with Gasteiger partial charge in [0.15, 0.2) is 5.79 Å². The van der Waals surface area contributed by atoms with Crippen molar-refractivity contribution < 1.29 is 13.9 Å². The van der Waals surface area contributed by atoms with E-state index in [-0.39, 0.29) is 12.2 Å². The first kappa shape index (κ1) is 12.0. The van der Waals surface area contributed by atoms with Crippen molar-refractivity contribution in [2.24, 2.45) is 0 Å². The predicted molar refractivity (Wildman–Crippen MR) is 59.6 cm³/mol. The van der Waals surface area contributed by atoms with Crippen LogP contribution in [0.1, 0.15) is 18.4 Å². The Hall–Kier alpha value is -1.44. The van der Waals surface area contributed by atoms with Gasteiger partial charge in [-0.15, -0.1) is 0 Å². The van der Waals surface area contributed by atoms with E-state index in [0.29, 0.717) is 26.1 Å². The van der Waals surface area contributed by atoms with Crippen molar-refractivity contribution in [1.29, 1.82) is 5.26 Å². The molecule has 4 heteroatoms. The largest absolute Gasteiger partial charge is 0.346 e. The molecule has 1 saturated heterocycles. The molecular weight excluding hydrogens is 221 g/mol. The molecular formula is C13H14FNO2. The monoisotopic (exact) mass is 235 g/mol. The summed E-state index contributed by atoms with van der Waals surface area (Å²) in [4.78, 5) is 0. The molecule has 1 fully saturated rings. The summed E-state index contributed by atoms with van der Waals surface area (Å²) in [6, 6.07) is 8.43. The summed E-state index contributed by atoms with van der Waals surface area (Å²) >= 11 is 0. The second-order valence-electron chi connectivity index (χ2n) is 4.07. The normalized spacial score (nSPS) is 17.9. The molecule has 90 valence electrons. The highest BCUT2D eigenvalue weighted by atomic mass is 19.1. The van der Waals surface area contributed by atoms with Crippen molar-refractivity contribution in [2.45, 2.75) is 25.0 Å². The molecule has 0 N–H and O–H groups in total. The van der Waals surface area contributed by atoms with Crippen molar-refractivity contribution in [2.75, 3.05) is 13.2 Å². The van der Waals surface area contributed by atoms with Crippen molar-refractivity contribution in [1.82, 2.24) is 0 Å². The summed E-state index contributed by atoms with van der Waals surface area (Å²) in [6.07, 6.45) is 1.56. The lowest BCUT2D eigenvalue weighted by Crippen LogP contribution is -2.30. The Balaban J connectivity index is 1.96. The fourth-order valence-electron chi connectivity index (χ4n) is 1.94. The van der Waals surface area contributed by atoms with Gasteiger partial charge in [-0.3, -0.25) is 0 Å². The maximum absolute atomic E-state index is 12.7. The minimum Gasteiger partial charge on any atom is -0.346 e. The molecule has 0 bridgehead atoms. The van der Waals surface area contributed by atoms with Crippen molar-refractivity contribution in [3.05, 3.63) is 35.6 Å². The summed E-state index contributed by atoms with van der Waals surface area (Å²) in [6.45, 7) is 1.07. The number of hydrogen-bond donors (Lipinski definition) is 0. The van der Waals surface area contributed by atoms with E-state index in [2.05, 4.69) is 6.07 Å². The molecule has 0 spiro atoms. The standard InChI is InChI=1S/C13H14FNO2/c14-12-3-1-11(2-4-12)5-6-13(7-8-15)16-9-10-17-13/h1-4H,5-7,9-10H2. The SMILES string of the molecule is N#CCC1(CCc2ccc(F)cc2)OCCO1. The van der Waals surface area contributed by atoms with Crippen LogP contribution in [0.5, 0.6) is 0 Å². The summed E-state index contributed by atoms with van der Waals surface area (Å²) in [5.41, 5.74) is 1.02. The average molecular weight is 235 g/mol. The van der Waals surface area contributed by atoms with Crippen LogP contribution in [0.2, 0.25) is 0 Å². The molecule has 0 unspecified atom stereocenters. The van der Waals surface area contributed by atoms with E-state index in [9.17, 15) is 4.39 Å². The third kappa shape index (κ3) is 3.02. The highest BCUT2D eigenvalue weighted by Crippen LogP contribution is 2.28. The van der Waals surface area contributed by atoms with Crippen molar-refractivity contribution in [3.8, 4) is 6.07 Å². The van der Waals surface area contributed by atoms with Crippen LogP contribution >= 0.6 is 0 Å². The number of benzene rings is 1. The van der Waals surface area contributed by atoms with Gasteiger partial charge in [0.2, 0.25) is 0 Å². The summed E-state index contributed by atoms with van der Waals surface area (Å²) in [7, 11) is 0. The zero-order valence-corrected chi connectivity index (χ0v) is 9.49. The molecule has 1 heterocycles. The third-order valence-electron chi connectivity index (χ3n) is 2.87. The number of hydrogen-bond acceptors (Lipinski definition) is 3. The predicted octanol–water partition coefficient (Wildman–Crippen LogP) is 2.42. The first-order chi connectivity index (χ1) is 8.24. The molecule has 0 radical (unpaired) electrons. The number of nitrogens with zero attached hydrogens (tertiary/aromatic N) is 1. The minimum absolute atomic E-state index is 0.230. The maximum Gasteiger partial charge on any atom is 0.181 e. The lowest BCUT2D eigenvalue weighted by molar-refractivity contribution is -0.157. The van der Waals surface area contributed by atoms with E-state index >= 15 is 0 Å². The molecule has 0 aromatic heterocycles. The van der Waals surface area contributed by atoms with Crippen LogP contribution in [0.15, 0.2) is 24.3 Å². The van der Waals surface area contributed by atoms with Gasteiger partial charge in [0.25, 0.3) is 0 Å². The molecule has 1 aliphatic rings. The van der Waals surface area contributed by atoms with E-state index in [1.807, 2.05) is 0 Å². The third-order valence-corrected chi connectivity index (χ3v) is 2.87. The number of rotatable bonds is 4. The number of halogens is 1. The van der Waals surface area contributed by atoms with E-state index < -0.39 is 5.79 Å². The quantitative estimate of drug-likeness (QED) is 0.804. The number of nitriles is 1. The van der Waals surface area contributed by atoms with Crippen LogP contribution < -0.4 is 0 Å². The highest BCUT2D eigenvalue weighted by molar-refractivity contribution is 5.16. The van der Waals surface area contributed by atoms with E-state index in [0.717, 1.165) is 5.56 Å². The van der Waals surface area contributed by atoms with Gasteiger partial charge in [0.1, 0.15) is 5.82 Å². The van der Waals surface area contributed by atoms with Gasteiger partial charge < -0.3 is 9.47 Å². The van der Waals surface area contributed by atoms with Crippen molar-refractivity contribution in [3.63, 3.8) is 0 Å². The molecule has 0 atom stereocenters. The Morgan fingerprint density at radius 3 is 2.47 bits per heavy atom. The van der Waals surface area contributed by atoms with Gasteiger partial charge in [0, 0.05) is 6.42 Å². The molecule has 1 aromatic rings. The van der Waals surface area contributed by atoms with Gasteiger partial charge in [-0.2, -0.15) is 5.26 Å². The Morgan fingerprint density at radius 1 is 1.24 bits per heavy atom. The van der Waals surface area contributed by atoms with Crippen LogP contribution in [0.25, 0.3) is 0 Å². The zero-order valence-electron chi connectivity index (χ0n) is 9.49. The number of aryl methyl sites for hydroxylation is 1. The van der Waals surface area contributed by atoms with Gasteiger partial charge in [-0.05, 0) is 24.1 Å². The second-order valence-corrected chi connectivity index (χ2v) is 4.07. The fraction of sp³-hybridized carbons (Fsp3) is 0.462. The lowest BCUT2D eigenvalue weighted by Gasteiger charge is -2.24. The Bertz CT molecular complexity index is 404. The molecule has 2 rings (SSSR count). The van der Waals surface area contributed by atoms with Gasteiger partial charge >= 0.3 is 0 Å². The molecule has 0 amide bonds. The average Bonchev–Trinajstić information content (AvgIpc) is 2.78. The summed E-state index contributed by atoms with van der Waals surface area (Å²) < 4.78 is 23.7. The molecule has 17 heavy (non-hydrogen) atoms. The number of ether oxygens (including phenoxy) is 2. The lowest BCUT2D eigenvalue weighted by atomic mass is 10.0. The smallest absolute Gasteiger partial charge is 0.181 e. The Kier molecular flexibility index (Phi) is 3.72. The van der Waals surface area contributed by atoms with Gasteiger partial charge in [0.05, 0.1) is 25.7 Å². The van der Waals surface area contributed by atoms with Gasteiger partial charge in [-0.25, -0.2) is 4.39 Å². The maximum atomic E-state index is 12.7. The Morgan fingerprint density at radius 2 is 1.88 bits per heavy atom.